The highest BCUT2D eigenvalue weighted by molar-refractivity contribution is 7.92. The minimum absolute atomic E-state index is 0.110. The van der Waals surface area contributed by atoms with E-state index in [0.29, 0.717) is 17.8 Å². The lowest BCUT2D eigenvalue weighted by Crippen LogP contribution is -2.40. The van der Waals surface area contributed by atoms with Gasteiger partial charge in [0.15, 0.2) is 9.84 Å². The number of rotatable bonds is 10. The number of nitrogens with one attached hydrogen (secondary N) is 2. The van der Waals surface area contributed by atoms with Crippen LogP contribution in [0, 0.1) is 18.8 Å². The van der Waals surface area contributed by atoms with Crippen molar-refractivity contribution >= 4 is 43.2 Å². The molecule has 0 aliphatic heterocycles. The second kappa shape index (κ2) is 9.70. The van der Waals surface area contributed by atoms with Gasteiger partial charge in [0.2, 0.25) is 5.95 Å². The molecule has 2 atom stereocenters. The number of pyridine rings is 1. The topological polar surface area (TPSA) is 110 Å². The molecule has 3 heterocycles. The number of fused-ring (bicyclic) bond motifs is 1. The summed E-state index contributed by atoms with van der Waals surface area (Å²) >= 11 is 1.67. The van der Waals surface area contributed by atoms with E-state index in [9.17, 15) is 8.42 Å². The van der Waals surface area contributed by atoms with Gasteiger partial charge in [0, 0.05) is 30.5 Å². The van der Waals surface area contributed by atoms with Crippen LogP contribution in [0.2, 0.25) is 0 Å². The average molecular weight is 555 g/mol. The van der Waals surface area contributed by atoms with E-state index in [1.165, 1.54) is 25.7 Å². The zero-order valence-electron chi connectivity index (χ0n) is 22.7. The number of hydrogen-bond donors (Lipinski definition) is 2. The minimum Gasteiger partial charge on any atom is -0.367 e. The summed E-state index contributed by atoms with van der Waals surface area (Å²) in [4.78, 5) is 19.5. The Bertz CT molecular complexity index is 1460. The van der Waals surface area contributed by atoms with Gasteiger partial charge in [0.05, 0.1) is 26.4 Å². The Hall–Kier alpha value is -2.33. The largest absolute Gasteiger partial charge is 0.367 e. The van der Waals surface area contributed by atoms with Crippen LogP contribution in [-0.2, 0) is 9.84 Å². The fourth-order valence-electron chi connectivity index (χ4n) is 5.77. The van der Waals surface area contributed by atoms with E-state index < -0.39 is 14.6 Å². The van der Waals surface area contributed by atoms with E-state index in [-0.39, 0.29) is 17.7 Å². The van der Waals surface area contributed by atoms with Crippen LogP contribution >= 0.6 is 11.3 Å². The Labute approximate surface area is 229 Å². The normalized spacial score (nSPS) is 22.2. The molecule has 0 aromatic carbocycles. The maximum atomic E-state index is 12.8. The fraction of sp³-hybridized carbons (Fsp3) is 0.643. The first-order valence-electron chi connectivity index (χ1n) is 14.0. The van der Waals surface area contributed by atoms with E-state index in [1.807, 2.05) is 27.0 Å². The molecule has 0 amide bonds. The van der Waals surface area contributed by atoms with Gasteiger partial charge in [0.25, 0.3) is 0 Å². The van der Waals surface area contributed by atoms with Crippen LogP contribution < -0.4 is 10.6 Å². The van der Waals surface area contributed by atoms with E-state index in [2.05, 4.69) is 21.7 Å². The van der Waals surface area contributed by atoms with Crippen molar-refractivity contribution in [1.29, 1.82) is 0 Å². The number of aryl methyl sites for hydroxylation is 1. The molecule has 2 N–H and O–H groups in total. The Morgan fingerprint density at radius 2 is 1.87 bits per heavy atom. The lowest BCUT2D eigenvalue weighted by Gasteiger charge is -2.31. The highest BCUT2D eigenvalue weighted by Crippen LogP contribution is 2.45. The monoisotopic (exact) mass is 554 g/mol. The SMILES string of the molecule is CCS(=O)(=O)C(C)(C)C1CCC(Nc2nc(NCC3CC3)nc(C)c2-c2nc3c(C4CC4)nccc3s2)C1. The lowest BCUT2D eigenvalue weighted by atomic mass is 9.93. The van der Waals surface area contributed by atoms with Crippen molar-refractivity contribution in [2.75, 3.05) is 22.9 Å². The third-order valence-electron chi connectivity index (χ3n) is 8.79. The lowest BCUT2D eigenvalue weighted by molar-refractivity contribution is 0.403. The van der Waals surface area contributed by atoms with Gasteiger partial charge in [-0.1, -0.05) is 6.92 Å². The van der Waals surface area contributed by atoms with Crippen molar-refractivity contribution in [3.63, 3.8) is 0 Å². The molecule has 3 saturated carbocycles. The van der Waals surface area contributed by atoms with Gasteiger partial charge in [0.1, 0.15) is 16.3 Å². The quantitative estimate of drug-likeness (QED) is 0.316. The van der Waals surface area contributed by atoms with Gasteiger partial charge in [-0.05, 0) is 83.6 Å². The number of hydrogen-bond acceptors (Lipinski definition) is 9. The second-order valence-corrected chi connectivity index (χ2v) is 15.8. The molecule has 6 rings (SSSR count). The van der Waals surface area contributed by atoms with E-state index in [0.717, 1.165) is 63.8 Å². The van der Waals surface area contributed by atoms with E-state index in [4.69, 9.17) is 15.0 Å². The Kier molecular flexibility index (Phi) is 6.61. The molecular weight excluding hydrogens is 516 g/mol. The highest BCUT2D eigenvalue weighted by atomic mass is 32.2. The molecule has 3 aromatic heterocycles. The number of sulfone groups is 1. The van der Waals surface area contributed by atoms with Crippen LogP contribution in [0.5, 0.6) is 0 Å². The van der Waals surface area contributed by atoms with E-state index in [1.54, 1.807) is 18.3 Å². The molecular formula is C28H38N6O2S2. The van der Waals surface area contributed by atoms with Crippen LogP contribution in [0.1, 0.15) is 83.0 Å². The van der Waals surface area contributed by atoms with Crippen molar-refractivity contribution in [2.45, 2.75) is 89.3 Å². The van der Waals surface area contributed by atoms with Crippen LogP contribution in [0.3, 0.4) is 0 Å². The van der Waals surface area contributed by atoms with Gasteiger partial charge in [-0.2, -0.15) is 4.98 Å². The van der Waals surface area contributed by atoms with Gasteiger partial charge in [-0.25, -0.2) is 18.4 Å². The van der Waals surface area contributed by atoms with Crippen LogP contribution in [0.15, 0.2) is 12.3 Å². The summed E-state index contributed by atoms with van der Waals surface area (Å²) in [5.41, 5.74) is 3.94. The molecule has 0 radical (unpaired) electrons. The summed E-state index contributed by atoms with van der Waals surface area (Å²) in [5.74, 6) is 2.96. The number of anilines is 2. The van der Waals surface area contributed by atoms with Crippen LogP contribution in [0.4, 0.5) is 11.8 Å². The van der Waals surface area contributed by atoms with Crippen molar-refractivity contribution in [3.8, 4) is 10.6 Å². The molecule has 0 spiro atoms. The molecule has 3 fully saturated rings. The highest BCUT2D eigenvalue weighted by Gasteiger charge is 2.44. The molecule has 2 unspecified atom stereocenters. The van der Waals surface area contributed by atoms with Crippen LogP contribution in [-0.4, -0.2) is 51.4 Å². The van der Waals surface area contributed by atoms with Crippen LogP contribution in [0.25, 0.3) is 20.8 Å². The number of nitrogens with zero attached hydrogens (tertiary/aromatic N) is 4. The first-order valence-corrected chi connectivity index (χ1v) is 16.5. The van der Waals surface area contributed by atoms with Gasteiger partial charge < -0.3 is 10.6 Å². The molecule has 3 aromatic rings. The average Bonchev–Trinajstić information content (AvgIpc) is 3.81. The molecule has 38 heavy (non-hydrogen) atoms. The number of thiazole rings is 1. The zero-order valence-corrected chi connectivity index (χ0v) is 24.4. The summed E-state index contributed by atoms with van der Waals surface area (Å²) in [6, 6.07) is 2.20. The maximum Gasteiger partial charge on any atom is 0.224 e. The fourth-order valence-corrected chi connectivity index (χ4v) is 8.30. The third kappa shape index (κ3) is 4.90. The summed E-state index contributed by atoms with van der Waals surface area (Å²) in [7, 11) is -3.15. The summed E-state index contributed by atoms with van der Waals surface area (Å²) in [5, 5.41) is 8.07. The summed E-state index contributed by atoms with van der Waals surface area (Å²) < 4.78 is 26.1. The van der Waals surface area contributed by atoms with Crippen molar-refractivity contribution < 1.29 is 8.42 Å². The van der Waals surface area contributed by atoms with Gasteiger partial charge in [-0.3, -0.25) is 4.98 Å². The molecule has 0 bridgehead atoms. The first-order chi connectivity index (χ1) is 18.2. The van der Waals surface area contributed by atoms with Crippen molar-refractivity contribution in [3.05, 3.63) is 23.7 Å². The Morgan fingerprint density at radius 1 is 1.08 bits per heavy atom. The Balaban J connectivity index is 1.33. The minimum atomic E-state index is -3.15. The zero-order chi connectivity index (χ0) is 26.7. The molecule has 8 nitrogen and oxygen atoms in total. The molecule has 0 saturated heterocycles. The third-order valence-corrected chi connectivity index (χ3v) is 12.5. The molecule has 3 aliphatic rings. The predicted octanol–water partition coefficient (Wildman–Crippen LogP) is 5.95. The van der Waals surface area contributed by atoms with Crippen molar-refractivity contribution in [1.82, 2.24) is 19.9 Å². The maximum absolute atomic E-state index is 12.8. The smallest absolute Gasteiger partial charge is 0.224 e. The first kappa shape index (κ1) is 25.9. The second-order valence-electron chi connectivity index (χ2n) is 11.9. The number of aromatic nitrogens is 4. The molecule has 10 heteroatoms. The Morgan fingerprint density at radius 3 is 2.58 bits per heavy atom. The van der Waals surface area contributed by atoms with Gasteiger partial charge >= 0.3 is 0 Å². The van der Waals surface area contributed by atoms with Gasteiger partial charge in [-0.15, -0.1) is 11.3 Å². The summed E-state index contributed by atoms with van der Waals surface area (Å²) in [6.07, 6.45) is 9.38. The molecule has 3 aliphatic carbocycles. The van der Waals surface area contributed by atoms with E-state index >= 15 is 0 Å². The molecule has 204 valence electrons. The van der Waals surface area contributed by atoms with Crippen molar-refractivity contribution in [2.24, 2.45) is 11.8 Å². The summed E-state index contributed by atoms with van der Waals surface area (Å²) in [6.45, 7) is 8.46. The predicted molar refractivity (Wildman–Crippen MR) is 155 cm³/mol. The standard InChI is InChI=1S/C28H38N6O2S2/c1-5-38(35,36)28(3,4)19-10-11-20(14-19)32-25-22(16(2)31-27(34-25)30-15-17-6-7-17)26-33-24-21(37-26)12-13-29-23(24)18-8-9-18/h12-13,17-20H,5-11,14-15H2,1-4H3,(H2,30,31,32,34).